The summed E-state index contributed by atoms with van der Waals surface area (Å²) in [5.41, 5.74) is 3.29. The summed E-state index contributed by atoms with van der Waals surface area (Å²) in [7, 11) is 0. The monoisotopic (exact) mass is 460 g/mol. The van der Waals surface area contributed by atoms with Crippen LogP contribution in [-0.2, 0) is 21.9 Å². The highest BCUT2D eigenvalue weighted by molar-refractivity contribution is 7.99. The molecule has 2 rings (SSSR count). The van der Waals surface area contributed by atoms with E-state index in [9.17, 15) is 9.59 Å². The zero-order valence-electron chi connectivity index (χ0n) is 18.9. The summed E-state index contributed by atoms with van der Waals surface area (Å²) in [6, 6.07) is 15.3. The van der Waals surface area contributed by atoms with Gasteiger partial charge < -0.3 is 10.2 Å². The number of benzene rings is 2. The zero-order chi connectivity index (χ0) is 22.8. The molecule has 0 aliphatic carbocycles. The average molecular weight is 461 g/mol. The average Bonchev–Trinajstić information content (AvgIpc) is 2.73. The van der Waals surface area contributed by atoms with Crippen molar-refractivity contribution in [3.63, 3.8) is 0 Å². The maximum atomic E-state index is 13.2. The highest BCUT2D eigenvalue weighted by atomic mass is 35.5. The van der Waals surface area contributed by atoms with Crippen molar-refractivity contribution in [3.8, 4) is 0 Å². The molecule has 2 aromatic carbocycles. The van der Waals surface area contributed by atoms with E-state index in [2.05, 4.69) is 25.2 Å². The number of aryl methyl sites for hydroxylation is 1. The van der Waals surface area contributed by atoms with Gasteiger partial charge in [0.05, 0.1) is 5.75 Å². The molecule has 0 heterocycles. The van der Waals surface area contributed by atoms with Gasteiger partial charge in [-0.1, -0.05) is 74.3 Å². The molecule has 31 heavy (non-hydrogen) atoms. The normalized spacial score (nSPS) is 11.9. The predicted molar refractivity (Wildman–Crippen MR) is 131 cm³/mol. The van der Waals surface area contributed by atoms with Crippen LogP contribution < -0.4 is 5.32 Å². The molecular formula is C25H33ClN2O2S. The van der Waals surface area contributed by atoms with Crippen LogP contribution >= 0.6 is 23.4 Å². The molecular weight excluding hydrogens is 428 g/mol. The Kier molecular flexibility index (Phi) is 10.4. The predicted octanol–water partition coefficient (Wildman–Crippen LogP) is 5.46. The number of carbonyl (C=O) groups is 2. The molecule has 6 heteroatoms. The summed E-state index contributed by atoms with van der Waals surface area (Å²) in [6.07, 6.45) is 0.573. The van der Waals surface area contributed by atoms with Gasteiger partial charge in [0.2, 0.25) is 11.8 Å². The van der Waals surface area contributed by atoms with E-state index in [0.29, 0.717) is 36.2 Å². The van der Waals surface area contributed by atoms with Gasteiger partial charge in [-0.25, -0.2) is 0 Å². The minimum atomic E-state index is -0.483. The lowest BCUT2D eigenvalue weighted by atomic mass is 10.1. The molecule has 4 nitrogen and oxygen atoms in total. The summed E-state index contributed by atoms with van der Waals surface area (Å²) in [6.45, 7) is 9.14. The lowest BCUT2D eigenvalue weighted by Gasteiger charge is -2.31. The first-order valence-corrected chi connectivity index (χ1v) is 12.3. The Balaban J connectivity index is 2.11. The highest BCUT2D eigenvalue weighted by Crippen LogP contribution is 2.19. The highest BCUT2D eigenvalue weighted by Gasteiger charge is 2.28. The number of amides is 2. The Morgan fingerprint density at radius 2 is 1.81 bits per heavy atom. The number of thioether (sulfide) groups is 1. The number of hydrogen-bond donors (Lipinski definition) is 1. The number of nitrogens with zero attached hydrogens (tertiary/aromatic N) is 1. The van der Waals surface area contributed by atoms with Crippen LogP contribution in [0.3, 0.4) is 0 Å². The van der Waals surface area contributed by atoms with Crippen molar-refractivity contribution in [2.75, 3.05) is 12.3 Å². The summed E-state index contributed by atoms with van der Waals surface area (Å²) in [5.74, 6) is 1.30. The molecule has 0 bridgehead atoms. The Hall–Kier alpha value is -1.98. The Bertz CT molecular complexity index is 855. The van der Waals surface area contributed by atoms with Crippen molar-refractivity contribution in [3.05, 3.63) is 70.2 Å². The van der Waals surface area contributed by atoms with Gasteiger partial charge in [-0.3, -0.25) is 9.59 Å². The van der Waals surface area contributed by atoms with Crippen molar-refractivity contribution in [2.24, 2.45) is 5.92 Å². The molecule has 0 unspecified atom stereocenters. The summed E-state index contributed by atoms with van der Waals surface area (Å²) >= 11 is 7.50. The molecule has 168 valence electrons. The van der Waals surface area contributed by atoms with Gasteiger partial charge in [0, 0.05) is 23.9 Å². The van der Waals surface area contributed by atoms with Crippen LogP contribution in [0.25, 0.3) is 0 Å². The van der Waals surface area contributed by atoms with E-state index in [1.807, 2.05) is 56.3 Å². The molecule has 0 saturated carbocycles. The van der Waals surface area contributed by atoms with E-state index in [1.54, 1.807) is 16.7 Å². The van der Waals surface area contributed by atoms with Crippen LogP contribution in [0.1, 0.15) is 43.9 Å². The number of hydrogen-bond acceptors (Lipinski definition) is 3. The van der Waals surface area contributed by atoms with Crippen molar-refractivity contribution in [1.82, 2.24) is 10.2 Å². The van der Waals surface area contributed by atoms with E-state index < -0.39 is 6.04 Å². The first kappa shape index (κ1) is 25.3. The largest absolute Gasteiger partial charge is 0.354 e. The molecule has 0 aromatic heterocycles. The minimum Gasteiger partial charge on any atom is -0.354 e. The van der Waals surface area contributed by atoms with Crippen molar-refractivity contribution in [1.29, 1.82) is 0 Å². The fraction of sp³-hybridized carbons (Fsp3) is 0.440. The van der Waals surface area contributed by atoms with Crippen LogP contribution in [0, 0.1) is 12.8 Å². The first-order valence-electron chi connectivity index (χ1n) is 10.7. The zero-order valence-corrected chi connectivity index (χ0v) is 20.4. The second-order valence-corrected chi connectivity index (χ2v) is 9.62. The lowest BCUT2D eigenvalue weighted by molar-refractivity contribution is -0.139. The molecule has 0 aliphatic rings. The SMILES string of the molecule is CC[C@H](C(=O)NCC(C)C)N(Cc1cccc(C)c1)C(=O)CSCc1ccc(Cl)cc1. The van der Waals surface area contributed by atoms with Gasteiger partial charge in [0.25, 0.3) is 0 Å². The van der Waals surface area contributed by atoms with Gasteiger partial charge in [0.15, 0.2) is 0 Å². The second-order valence-electron chi connectivity index (χ2n) is 8.19. The molecule has 2 aromatic rings. The molecule has 0 radical (unpaired) electrons. The van der Waals surface area contributed by atoms with E-state index >= 15 is 0 Å². The van der Waals surface area contributed by atoms with Gasteiger partial charge in [-0.05, 0) is 42.5 Å². The quantitative estimate of drug-likeness (QED) is 0.484. The number of carbonyl (C=O) groups excluding carboxylic acids is 2. The van der Waals surface area contributed by atoms with E-state index in [4.69, 9.17) is 11.6 Å². The third-order valence-corrected chi connectivity index (χ3v) is 6.15. The molecule has 1 N–H and O–H groups in total. The van der Waals surface area contributed by atoms with Gasteiger partial charge in [-0.2, -0.15) is 0 Å². The standard InChI is InChI=1S/C25H33ClN2O2S/c1-5-23(25(30)27-14-18(2)3)28(15-21-8-6-7-19(4)13-21)24(29)17-31-16-20-9-11-22(26)12-10-20/h6-13,18,23H,5,14-17H2,1-4H3,(H,27,30)/t23-/m1/s1. The Morgan fingerprint density at radius 1 is 1.10 bits per heavy atom. The van der Waals surface area contributed by atoms with E-state index in [-0.39, 0.29) is 11.8 Å². The first-order chi connectivity index (χ1) is 14.8. The third kappa shape index (κ3) is 8.58. The van der Waals surface area contributed by atoms with Gasteiger partial charge in [0.1, 0.15) is 6.04 Å². The topological polar surface area (TPSA) is 49.4 Å². The van der Waals surface area contributed by atoms with Crippen molar-refractivity contribution in [2.45, 2.75) is 52.5 Å². The fourth-order valence-corrected chi connectivity index (χ4v) is 4.27. The number of nitrogens with one attached hydrogen (secondary N) is 1. The third-order valence-electron chi connectivity index (χ3n) is 4.91. The molecule has 0 spiro atoms. The van der Waals surface area contributed by atoms with Gasteiger partial charge in [-0.15, -0.1) is 11.8 Å². The van der Waals surface area contributed by atoms with E-state index in [1.165, 1.54) is 0 Å². The fourth-order valence-electron chi connectivity index (χ4n) is 3.27. The van der Waals surface area contributed by atoms with Crippen LogP contribution in [0.15, 0.2) is 48.5 Å². The maximum Gasteiger partial charge on any atom is 0.242 e. The van der Waals surface area contributed by atoms with Crippen molar-refractivity contribution >= 4 is 35.2 Å². The molecule has 2 amide bonds. The second kappa shape index (κ2) is 12.8. The smallest absolute Gasteiger partial charge is 0.242 e. The number of halogens is 1. The minimum absolute atomic E-state index is 0.0213. The maximum absolute atomic E-state index is 13.2. The van der Waals surface area contributed by atoms with Gasteiger partial charge >= 0.3 is 0 Å². The molecule has 0 fully saturated rings. The molecule has 0 aliphatic heterocycles. The molecule has 1 atom stereocenters. The lowest BCUT2D eigenvalue weighted by Crippen LogP contribution is -2.50. The Labute approximate surface area is 195 Å². The summed E-state index contributed by atoms with van der Waals surface area (Å²) < 4.78 is 0. The van der Waals surface area contributed by atoms with Crippen LogP contribution in [0.2, 0.25) is 5.02 Å². The van der Waals surface area contributed by atoms with E-state index in [0.717, 1.165) is 22.4 Å². The van der Waals surface area contributed by atoms with Crippen LogP contribution in [-0.4, -0.2) is 35.1 Å². The summed E-state index contributed by atoms with van der Waals surface area (Å²) in [5, 5.41) is 3.70. The Morgan fingerprint density at radius 3 is 2.42 bits per heavy atom. The van der Waals surface area contributed by atoms with Crippen molar-refractivity contribution < 1.29 is 9.59 Å². The summed E-state index contributed by atoms with van der Waals surface area (Å²) in [4.78, 5) is 27.8. The number of rotatable bonds is 11. The molecule has 0 saturated heterocycles. The van der Waals surface area contributed by atoms with Crippen LogP contribution in [0.4, 0.5) is 0 Å². The van der Waals surface area contributed by atoms with Crippen LogP contribution in [0.5, 0.6) is 0 Å².